The van der Waals surface area contributed by atoms with E-state index in [1.54, 1.807) is 24.2 Å². The molecule has 0 aliphatic carbocycles. The molecule has 0 saturated heterocycles. The lowest BCUT2D eigenvalue weighted by molar-refractivity contribution is 0.151. The van der Waals surface area contributed by atoms with Crippen LogP contribution in [0.5, 0.6) is 5.75 Å². The van der Waals surface area contributed by atoms with E-state index in [-0.39, 0.29) is 0 Å². The Kier molecular flexibility index (Phi) is 2.31. The molecule has 0 aromatic carbocycles. The Morgan fingerprint density at radius 3 is 3.06 bits per heavy atom. The molecule has 6 heteroatoms. The van der Waals surface area contributed by atoms with Gasteiger partial charge in [-0.2, -0.15) is 5.10 Å². The third kappa shape index (κ3) is 1.67. The molecule has 3 heterocycles. The summed E-state index contributed by atoms with van der Waals surface area (Å²) in [5.74, 6) is 1.41. The van der Waals surface area contributed by atoms with Crippen molar-refractivity contribution in [1.82, 2.24) is 20.1 Å². The molecule has 0 spiro atoms. The average molecular weight is 232 g/mol. The van der Waals surface area contributed by atoms with Crippen molar-refractivity contribution in [1.29, 1.82) is 0 Å². The smallest absolute Gasteiger partial charge is 0.153 e. The standard InChI is InChI=1S/C11H12N4O2/c1-17-7-2-3-10(12-4-7)15-6-8-9(14-15)5-13-11(8)16/h2-4,6,11,13,16H,5H2,1H3. The van der Waals surface area contributed by atoms with Crippen molar-refractivity contribution in [3.05, 3.63) is 35.8 Å². The zero-order valence-corrected chi connectivity index (χ0v) is 9.29. The van der Waals surface area contributed by atoms with Gasteiger partial charge in [0.25, 0.3) is 0 Å². The van der Waals surface area contributed by atoms with Gasteiger partial charge in [-0.05, 0) is 12.1 Å². The SMILES string of the molecule is COc1ccc(-n2cc3c(n2)CNC3O)nc1. The molecule has 88 valence electrons. The predicted octanol–water partition coefficient (Wildman–Crippen LogP) is 0.370. The van der Waals surface area contributed by atoms with Gasteiger partial charge < -0.3 is 9.84 Å². The first-order valence-corrected chi connectivity index (χ1v) is 5.28. The zero-order chi connectivity index (χ0) is 11.8. The molecule has 2 aromatic heterocycles. The molecule has 0 radical (unpaired) electrons. The van der Waals surface area contributed by atoms with Crippen LogP contribution in [0.25, 0.3) is 5.82 Å². The summed E-state index contributed by atoms with van der Waals surface area (Å²) in [5, 5.41) is 16.9. The van der Waals surface area contributed by atoms with E-state index in [2.05, 4.69) is 15.4 Å². The zero-order valence-electron chi connectivity index (χ0n) is 9.29. The minimum atomic E-state index is -0.628. The van der Waals surface area contributed by atoms with Crippen molar-refractivity contribution in [2.75, 3.05) is 7.11 Å². The van der Waals surface area contributed by atoms with Crippen LogP contribution in [0, 0.1) is 0 Å². The number of methoxy groups -OCH3 is 1. The van der Waals surface area contributed by atoms with Gasteiger partial charge in [0.2, 0.25) is 0 Å². The van der Waals surface area contributed by atoms with E-state index < -0.39 is 6.23 Å². The van der Waals surface area contributed by atoms with Crippen LogP contribution >= 0.6 is 0 Å². The molecule has 0 bridgehead atoms. The molecule has 6 nitrogen and oxygen atoms in total. The first-order chi connectivity index (χ1) is 8.28. The summed E-state index contributed by atoms with van der Waals surface area (Å²) in [4.78, 5) is 4.23. The summed E-state index contributed by atoms with van der Waals surface area (Å²) in [5.41, 5.74) is 1.66. The molecule has 1 unspecified atom stereocenters. The number of aromatic nitrogens is 3. The van der Waals surface area contributed by atoms with Crippen LogP contribution in [0.15, 0.2) is 24.5 Å². The molecule has 2 N–H and O–H groups in total. The van der Waals surface area contributed by atoms with E-state index >= 15 is 0 Å². The topological polar surface area (TPSA) is 72.2 Å². The molecule has 2 aromatic rings. The Morgan fingerprint density at radius 1 is 1.53 bits per heavy atom. The second-order valence-electron chi connectivity index (χ2n) is 3.82. The molecule has 1 aliphatic rings. The molecule has 0 saturated carbocycles. The van der Waals surface area contributed by atoms with E-state index in [0.29, 0.717) is 18.1 Å². The number of ether oxygens (including phenoxy) is 1. The van der Waals surface area contributed by atoms with Gasteiger partial charge in [0, 0.05) is 18.3 Å². The molecule has 3 rings (SSSR count). The number of rotatable bonds is 2. The number of aliphatic hydroxyl groups excluding tert-OH is 1. The van der Waals surface area contributed by atoms with E-state index in [1.807, 2.05) is 12.1 Å². The van der Waals surface area contributed by atoms with Gasteiger partial charge >= 0.3 is 0 Å². The lowest BCUT2D eigenvalue weighted by Crippen LogP contribution is -2.12. The Morgan fingerprint density at radius 2 is 2.41 bits per heavy atom. The fourth-order valence-electron chi connectivity index (χ4n) is 1.84. The first-order valence-electron chi connectivity index (χ1n) is 5.28. The maximum atomic E-state index is 9.62. The van der Waals surface area contributed by atoms with Gasteiger partial charge in [0.05, 0.1) is 19.0 Å². The number of nitrogens with zero attached hydrogens (tertiary/aromatic N) is 3. The van der Waals surface area contributed by atoms with Crippen LogP contribution in [-0.4, -0.2) is 27.0 Å². The van der Waals surface area contributed by atoms with E-state index in [1.165, 1.54) is 0 Å². The number of hydrogen-bond acceptors (Lipinski definition) is 5. The van der Waals surface area contributed by atoms with Crippen molar-refractivity contribution >= 4 is 0 Å². The monoisotopic (exact) mass is 232 g/mol. The Labute approximate surface area is 97.9 Å². The highest BCUT2D eigenvalue weighted by Gasteiger charge is 2.23. The van der Waals surface area contributed by atoms with Gasteiger partial charge in [0.1, 0.15) is 12.0 Å². The van der Waals surface area contributed by atoms with Crippen LogP contribution in [0.1, 0.15) is 17.5 Å². The highest BCUT2D eigenvalue weighted by molar-refractivity contribution is 5.32. The predicted molar refractivity (Wildman–Crippen MR) is 59.7 cm³/mol. The molecule has 17 heavy (non-hydrogen) atoms. The van der Waals surface area contributed by atoms with Crippen LogP contribution in [-0.2, 0) is 6.54 Å². The molecule has 0 fully saturated rings. The lowest BCUT2D eigenvalue weighted by Gasteiger charge is -2.04. The molecular weight excluding hydrogens is 220 g/mol. The van der Waals surface area contributed by atoms with E-state index in [9.17, 15) is 5.11 Å². The van der Waals surface area contributed by atoms with Gasteiger partial charge in [-0.1, -0.05) is 0 Å². The third-order valence-corrected chi connectivity index (χ3v) is 2.77. The highest BCUT2D eigenvalue weighted by Crippen LogP contribution is 2.23. The van der Waals surface area contributed by atoms with Crippen LogP contribution in [0.4, 0.5) is 0 Å². The van der Waals surface area contributed by atoms with Crippen LogP contribution in [0.2, 0.25) is 0 Å². The first kappa shape index (κ1) is 10.2. The Bertz CT molecular complexity index is 535. The van der Waals surface area contributed by atoms with Crippen molar-refractivity contribution in [2.24, 2.45) is 0 Å². The third-order valence-electron chi connectivity index (χ3n) is 2.77. The van der Waals surface area contributed by atoms with Crippen LogP contribution < -0.4 is 10.1 Å². The highest BCUT2D eigenvalue weighted by atomic mass is 16.5. The van der Waals surface area contributed by atoms with Gasteiger partial charge in [-0.15, -0.1) is 0 Å². The quantitative estimate of drug-likeness (QED) is 0.782. The summed E-state index contributed by atoms with van der Waals surface area (Å²) in [6.45, 7) is 0.583. The largest absolute Gasteiger partial charge is 0.495 e. The van der Waals surface area contributed by atoms with E-state index in [0.717, 1.165) is 11.3 Å². The number of fused-ring (bicyclic) bond motifs is 1. The summed E-state index contributed by atoms with van der Waals surface area (Å²) in [7, 11) is 1.60. The van der Waals surface area contributed by atoms with Crippen molar-refractivity contribution in [2.45, 2.75) is 12.8 Å². The normalized spacial score (nSPS) is 18.1. The Balaban J connectivity index is 1.96. The fraction of sp³-hybridized carbons (Fsp3) is 0.273. The number of aliphatic hydroxyl groups is 1. The van der Waals surface area contributed by atoms with Crippen molar-refractivity contribution in [3.8, 4) is 11.6 Å². The molecule has 0 amide bonds. The minimum absolute atomic E-state index is 0.583. The number of pyridine rings is 1. The Hall–Kier alpha value is -1.92. The number of nitrogens with one attached hydrogen (secondary N) is 1. The number of hydrogen-bond donors (Lipinski definition) is 2. The summed E-state index contributed by atoms with van der Waals surface area (Å²) < 4.78 is 6.70. The summed E-state index contributed by atoms with van der Waals surface area (Å²) in [6, 6.07) is 3.64. The molecule has 1 atom stereocenters. The van der Waals surface area contributed by atoms with Crippen LogP contribution in [0.3, 0.4) is 0 Å². The maximum absolute atomic E-state index is 9.62. The average Bonchev–Trinajstić information content (AvgIpc) is 2.92. The van der Waals surface area contributed by atoms with Gasteiger partial charge in [0.15, 0.2) is 5.82 Å². The summed E-state index contributed by atoms with van der Waals surface area (Å²) >= 11 is 0. The van der Waals surface area contributed by atoms with Crippen molar-refractivity contribution in [3.63, 3.8) is 0 Å². The second-order valence-corrected chi connectivity index (χ2v) is 3.82. The van der Waals surface area contributed by atoms with Gasteiger partial charge in [-0.3, -0.25) is 5.32 Å². The van der Waals surface area contributed by atoms with Crippen molar-refractivity contribution < 1.29 is 9.84 Å². The lowest BCUT2D eigenvalue weighted by atomic mass is 10.3. The molecule has 1 aliphatic heterocycles. The maximum Gasteiger partial charge on any atom is 0.153 e. The van der Waals surface area contributed by atoms with Gasteiger partial charge in [-0.25, -0.2) is 9.67 Å². The second kappa shape index (κ2) is 3.83. The molecular formula is C11H12N4O2. The minimum Gasteiger partial charge on any atom is -0.495 e. The fourth-order valence-corrected chi connectivity index (χ4v) is 1.84. The van der Waals surface area contributed by atoms with E-state index in [4.69, 9.17) is 4.74 Å². The summed E-state index contributed by atoms with van der Waals surface area (Å²) in [6.07, 6.45) is 2.79.